The van der Waals surface area contributed by atoms with E-state index in [4.69, 9.17) is 4.99 Å². The van der Waals surface area contributed by atoms with Gasteiger partial charge in [0.2, 0.25) is 0 Å². The third-order valence-electron chi connectivity index (χ3n) is 6.50. The lowest BCUT2D eigenvalue weighted by Crippen LogP contribution is -2.21. The molecular formula is C28H26N4O2S. The Kier molecular flexibility index (Phi) is 5.94. The van der Waals surface area contributed by atoms with E-state index in [1.54, 1.807) is 18.3 Å². The van der Waals surface area contributed by atoms with Crippen LogP contribution in [0.5, 0.6) is 0 Å². The molecule has 0 saturated heterocycles. The molecule has 4 aromatic rings. The first-order chi connectivity index (χ1) is 16.8. The van der Waals surface area contributed by atoms with E-state index in [9.17, 15) is 9.90 Å². The molecule has 5 rings (SSSR count). The van der Waals surface area contributed by atoms with Crippen LogP contribution >= 0.6 is 11.3 Å². The average Bonchev–Trinajstić information content (AvgIpc) is 3.33. The molecule has 2 atom stereocenters. The lowest BCUT2D eigenvalue weighted by atomic mass is 9.97. The Balaban J connectivity index is 1.63. The van der Waals surface area contributed by atoms with E-state index >= 15 is 0 Å². The van der Waals surface area contributed by atoms with E-state index in [0.717, 1.165) is 44.4 Å². The zero-order valence-corrected chi connectivity index (χ0v) is 20.9. The molecular weight excluding hydrogens is 456 g/mol. The maximum Gasteiger partial charge on any atom is 0.308 e. The standard InChI is InChI=1S/C28H26N4O2S/c1-16-18(3)35-27-23(16)25(29-24(17(2)28(33)34)26-31-30-19(4)32(26)27)22-14-12-21(13-15-22)11-10-20-8-6-5-7-9-20/h5-15,17,24H,1-4H3,(H,33,34)/t17?,24-/m0/s1. The van der Waals surface area contributed by atoms with Gasteiger partial charge in [-0.15, -0.1) is 21.5 Å². The minimum atomic E-state index is -0.912. The van der Waals surface area contributed by atoms with E-state index in [-0.39, 0.29) is 0 Å². The SMILES string of the molecule is Cc1sc2c(c1C)C(c1ccc(C=Cc3ccccc3)cc1)=N[C@@H](C(C)C(=O)O)c1nnc(C)n1-2. The Labute approximate surface area is 208 Å². The van der Waals surface area contributed by atoms with Crippen molar-refractivity contribution in [1.29, 1.82) is 0 Å². The Hall–Kier alpha value is -3.84. The van der Waals surface area contributed by atoms with Gasteiger partial charge >= 0.3 is 5.97 Å². The second-order valence-corrected chi connectivity index (χ2v) is 10.0. The number of carbonyl (C=O) groups is 1. The number of aliphatic imine (C=N–C) groups is 1. The zero-order chi connectivity index (χ0) is 24.7. The summed E-state index contributed by atoms with van der Waals surface area (Å²) < 4.78 is 1.98. The van der Waals surface area contributed by atoms with Crippen LogP contribution in [0, 0.1) is 26.7 Å². The quantitative estimate of drug-likeness (QED) is 0.352. The summed E-state index contributed by atoms with van der Waals surface area (Å²) in [6.07, 6.45) is 4.17. The van der Waals surface area contributed by atoms with Gasteiger partial charge in [0.25, 0.3) is 0 Å². The first kappa shape index (κ1) is 22.9. The Morgan fingerprint density at radius 3 is 2.31 bits per heavy atom. The monoisotopic (exact) mass is 482 g/mol. The fourth-order valence-corrected chi connectivity index (χ4v) is 5.54. The van der Waals surface area contributed by atoms with Crippen LogP contribution < -0.4 is 0 Å². The van der Waals surface area contributed by atoms with Gasteiger partial charge in [0.1, 0.15) is 16.9 Å². The van der Waals surface area contributed by atoms with Gasteiger partial charge in [-0.25, -0.2) is 0 Å². The number of aromatic nitrogens is 3. The van der Waals surface area contributed by atoms with Gasteiger partial charge in [0.15, 0.2) is 5.82 Å². The summed E-state index contributed by atoms with van der Waals surface area (Å²) in [5.41, 5.74) is 6.12. The molecule has 6 nitrogen and oxygen atoms in total. The van der Waals surface area contributed by atoms with Gasteiger partial charge in [-0.05, 0) is 44.4 Å². The number of aliphatic carboxylic acids is 1. The Morgan fingerprint density at radius 1 is 1.00 bits per heavy atom. The van der Waals surface area contributed by atoms with Crippen molar-refractivity contribution in [2.24, 2.45) is 10.9 Å². The van der Waals surface area contributed by atoms with Crippen LogP contribution in [0.2, 0.25) is 0 Å². The van der Waals surface area contributed by atoms with Gasteiger partial charge in [-0.1, -0.05) is 66.7 Å². The number of rotatable bonds is 5. The molecule has 35 heavy (non-hydrogen) atoms. The van der Waals surface area contributed by atoms with Crippen molar-refractivity contribution in [3.05, 3.63) is 98.9 Å². The molecule has 1 N–H and O–H groups in total. The highest BCUT2D eigenvalue weighted by atomic mass is 32.1. The summed E-state index contributed by atoms with van der Waals surface area (Å²) in [6, 6.07) is 17.8. The Morgan fingerprint density at radius 2 is 1.66 bits per heavy atom. The molecule has 0 aliphatic carbocycles. The van der Waals surface area contributed by atoms with Gasteiger partial charge in [0, 0.05) is 16.0 Å². The molecule has 1 aliphatic rings. The predicted molar refractivity (Wildman–Crippen MR) is 140 cm³/mol. The fraction of sp³-hybridized carbons (Fsp3) is 0.214. The number of nitrogens with zero attached hydrogens (tertiary/aromatic N) is 4. The molecule has 0 amide bonds. The summed E-state index contributed by atoms with van der Waals surface area (Å²) in [5.74, 6) is -0.374. The van der Waals surface area contributed by atoms with Crippen molar-refractivity contribution in [2.75, 3.05) is 0 Å². The summed E-state index contributed by atoms with van der Waals surface area (Å²) in [6.45, 7) is 7.77. The molecule has 0 spiro atoms. The highest BCUT2D eigenvalue weighted by Crippen LogP contribution is 2.40. The minimum absolute atomic E-state index is 0.567. The van der Waals surface area contributed by atoms with Crippen molar-refractivity contribution in [2.45, 2.75) is 33.7 Å². The maximum absolute atomic E-state index is 12.0. The first-order valence-corrected chi connectivity index (χ1v) is 12.3. The lowest BCUT2D eigenvalue weighted by Gasteiger charge is -2.16. The maximum atomic E-state index is 12.0. The zero-order valence-electron chi connectivity index (χ0n) is 20.1. The predicted octanol–water partition coefficient (Wildman–Crippen LogP) is 6.04. The third kappa shape index (κ3) is 4.12. The lowest BCUT2D eigenvalue weighted by molar-refractivity contribution is -0.141. The van der Waals surface area contributed by atoms with Crippen LogP contribution in [0.25, 0.3) is 17.2 Å². The molecule has 0 radical (unpaired) electrons. The molecule has 0 bridgehead atoms. The van der Waals surface area contributed by atoms with Gasteiger partial charge in [-0.3, -0.25) is 14.4 Å². The normalized spacial score (nSPS) is 15.9. The van der Waals surface area contributed by atoms with E-state index in [1.165, 1.54) is 4.88 Å². The fourth-order valence-electron chi connectivity index (χ4n) is 4.33. The van der Waals surface area contributed by atoms with Crippen molar-refractivity contribution < 1.29 is 9.90 Å². The van der Waals surface area contributed by atoms with E-state index in [2.05, 4.69) is 72.6 Å². The summed E-state index contributed by atoms with van der Waals surface area (Å²) in [5, 5.41) is 19.5. The average molecular weight is 483 g/mol. The molecule has 0 fully saturated rings. The first-order valence-electron chi connectivity index (χ1n) is 11.5. The number of benzene rings is 2. The topological polar surface area (TPSA) is 80.4 Å². The van der Waals surface area contributed by atoms with E-state index in [0.29, 0.717) is 5.82 Å². The number of hydrogen-bond acceptors (Lipinski definition) is 5. The Bertz CT molecular complexity index is 1460. The molecule has 176 valence electrons. The molecule has 2 aromatic carbocycles. The van der Waals surface area contributed by atoms with Crippen LogP contribution in [0.3, 0.4) is 0 Å². The van der Waals surface area contributed by atoms with Crippen LogP contribution in [-0.2, 0) is 4.79 Å². The second kappa shape index (κ2) is 9.07. The molecule has 1 unspecified atom stereocenters. The van der Waals surface area contributed by atoms with Gasteiger partial charge in [-0.2, -0.15) is 0 Å². The van der Waals surface area contributed by atoms with Crippen molar-refractivity contribution in [3.8, 4) is 5.00 Å². The molecule has 7 heteroatoms. The van der Waals surface area contributed by atoms with Crippen LogP contribution in [0.15, 0.2) is 59.6 Å². The molecule has 1 aliphatic heterocycles. The van der Waals surface area contributed by atoms with Gasteiger partial charge in [0.05, 0.1) is 11.6 Å². The third-order valence-corrected chi connectivity index (χ3v) is 7.70. The number of carboxylic acid groups (broad SMARTS) is 1. The number of hydrogen-bond donors (Lipinski definition) is 1. The van der Waals surface area contributed by atoms with E-state index in [1.807, 2.05) is 29.7 Å². The summed E-state index contributed by atoms with van der Waals surface area (Å²) in [7, 11) is 0. The van der Waals surface area contributed by atoms with E-state index < -0.39 is 17.9 Å². The highest BCUT2D eigenvalue weighted by Gasteiger charge is 2.36. The van der Waals surface area contributed by atoms with Crippen molar-refractivity contribution in [3.63, 3.8) is 0 Å². The minimum Gasteiger partial charge on any atom is -0.481 e. The second-order valence-electron chi connectivity index (χ2n) is 8.82. The summed E-state index contributed by atoms with van der Waals surface area (Å²) >= 11 is 1.66. The highest BCUT2D eigenvalue weighted by molar-refractivity contribution is 7.15. The number of aryl methyl sites for hydroxylation is 2. The molecule has 0 saturated carbocycles. The largest absolute Gasteiger partial charge is 0.481 e. The number of carboxylic acids is 1. The number of thiophene rings is 1. The van der Waals surface area contributed by atoms with Crippen LogP contribution in [0.4, 0.5) is 0 Å². The smallest absolute Gasteiger partial charge is 0.308 e. The molecule has 3 heterocycles. The number of fused-ring (bicyclic) bond motifs is 3. The molecule has 2 aromatic heterocycles. The van der Waals surface area contributed by atoms with Crippen LogP contribution in [-0.4, -0.2) is 31.6 Å². The van der Waals surface area contributed by atoms with Gasteiger partial charge < -0.3 is 5.11 Å². The van der Waals surface area contributed by atoms with Crippen molar-refractivity contribution in [1.82, 2.24) is 14.8 Å². The van der Waals surface area contributed by atoms with Crippen molar-refractivity contribution >= 4 is 35.2 Å². The van der Waals surface area contributed by atoms with Crippen LogP contribution in [0.1, 0.15) is 57.3 Å². The summed E-state index contributed by atoms with van der Waals surface area (Å²) in [4.78, 5) is 18.3.